The van der Waals surface area contributed by atoms with E-state index in [-0.39, 0.29) is 11.1 Å². The molecular formula is C9H15BrO3. The van der Waals surface area contributed by atoms with Crippen LogP contribution < -0.4 is 0 Å². The lowest BCUT2D eigenvalue weighted by Crippen LogP contribution is -2.22. The van der Waals surface area contributed by atoms with Gasteiger partial charge in [0.15, 0.2) is 5.01 Å². The maximum absolute atomic E-state index is 11.0. The Balaban J connectivity index is 2.18. The molecule has 1 aliphatic carbocycles. The van der Waals surface area contributed by atoms with Crippen molar-refractivity contribution in [1.82, 2.24) is 0 Å². The third-order valence-electron chi connectivity index (χ3n) is 2.07. The minimum Gasteiger partial charge on any atom is -0.431 e. The Bertz CT molecular complexity index is 164. The van der Waals surface area contributed by atoms with Gasteiger partial charge in [-0.05, 0) is 48.5 Å². The first kappa shape index (κ1) is 10.8. The van der Waals surface area contributed by atoms with E-state index in [0.29, 0.717) is 0 Å². The highest BCUT2D eigenvalue weighted by Crippen LogP contribution is 2.20. The van der Waals surface area contributed by atoms with Crippen LogP contribution in [0.5, 0.6) is 0 Å². The molecule has 0 heterocycles. The lowest BCUT2D eigenvalue weighted by molar-refractivity contribution is 0.00950. The summed E-state index contributed by atoms with van der Waals surface area (Å²) in [5.74, 6) is 0. The van der Waals surface area contributed by atoms with Crippen molar-refractivity contribution >= 4 is 22.1 Å². The van der Waals surface area contributed by atoms with E-state index in [1.807, 2.05) is 0 Å². The SMILES string of the molecule is CC(Br)OC(=O)OC1CCCCC1. The summed E-state index contributed by atoms with van der Waals surface area (Å²) in [6.45, 7) is 1.74. The molecule has 1 atom stereocenters. The lowest BCUT2D eigenvalue weighted by Gasteiger charge is -2.21. The fourth-order valence-corrected chi connectivity index (χ4v) is 1.63. The number of alkyl halides is 1. The normalized spacial score (nSPS) is 20.8. The first-order valence-corrected chi connectivity index (χ1v) is 5.61. The van der Waals surface area contributed by atoms with E-state index in [2.05, 4.69) is 15.9 Å². The predicted octanol–water partition coefficient (Wildman–Crippen LogP) is 3.21. The van der Waals surface area contributed by atoms with Gasteiger partial charge in [0, 0.05) is 0 Å². The Morgan fingerprint density at radius 3 is 2.54 bits per heavy atom. The molecule has 0 radical (unpaired) electrons. The molecule has 0 aromatic carbocycles. The van der Waals surface area contributed by atoms with Gasteiger partial charge in [-0.1, -0.05) is 6.42 Å². The first-order valence-electron chi connectivity index (χ1n) is 4.70. The summed E-state index contributed by atoms with van der Waals surface area (Å²) in [6.07, 6.45) is 5.04. The minimum atomic E-state index is -0.559. The van der Waals surface area contributed by atoms with E-state index < -0.39 is 6.16 Å². The summed E-state index contributed by atoms with van der Waals surface area (Å²) in [6, 6.07) is 0. The molecule has 0 bridgehead atoms. The topological polar surface area (TPSA) is 35.5 Å². The molecule has 1 saturated carbocycles. The van der Waals surface area contributed by atoms with E-state index in [4.69, 9.17) is 9.47 Å². The van der Waals surface area contributed by atoms with Gasteiger partial charge in [-0.3, -0.25) is 0 Å². The maximum atomic E-state index is 11.0. The van der Waals surface area contributed by atoms with Gasteiger partial charge >= 0.3 is 6.16 Å². The van der Waals surface area contributed by atoms with Crippen molar-refractivity contribution in [3.05, 3.63) is 0 Å². The largest absolute Gasteiger partial charge is 0.509 e. The van der Waals surface area contributed by atoms with Crippen LogP contribution >= 0.6 is 15.9 Å². The van der Waals surface area contributed by atoms with Crippen molar-refractivity contribution in [3.8, 4) is 0 Å². The van der Waals surface area contributed by atoms with Crippen LogP contribution in [-0.4, -0.2) is 17.3 Å². The van der Waals surface area contributed by atoms with Crippen molar-refractivity contribution in [2.75, 3.05) is 0 Å². The van der Waals surface area contributed by atoms with Gasteiger partial charge in [0.05, 0.1) is 0 Å². The van der Waals surface area contributed by atoms with Crippen molar-refractivity contribution in [3.63, 3.8) is 0 Å². The van der Waals surface area contributed by atoms with Crippen LogP contribution in [0.3, 0.4) is 0 Å². The molecule has 0 spiro atoms. The van der Waals surface area contributed by atoms with Crippen LogP contribution in [0, 0.1) is 0 Å². The first-order chi connectivity index (χ1) is 6.18. The van der Waals surface area contributed by atoms with Crippen LogP contribution in [0.1, 0.15) is 39.0 Å². The van der Waals surface area contributed by atoms with Crippen molar-refractivity contribution in [2.45, 2.75) is 50.1 Å². The monoisotopic (exact) mass is 250 g/mol. The van der Waals surface area contributed by atoms with Crippen LogP contribution in [0.25, 0.3) is 0 Å². The van der Waals surface area contributed by atoms with Gasteiger partial charge < -0.3 is 9.47 Å². The Labute approximate surface area is 86.9 Å². The fraction of sp³-hybridized carbons (Fsp3) is 0.889. The summed E-state index contributed by atoms with van der Waals surface area (Å²) in [7, 11) is 0. The number of carbonyl (C=O) groups excluding carboxylic acids is 1. The van der Waals surface area contributed by atoms with Crippen molar-refractivity contribution in [1.29, 1.82) is 0 Å². The number of ether oxygens (including phenoxy) is 2. The molecule has 0 aromatic heterocycles. The molecule has 76 valence electrons. The molecular weight excluding hydrogens is 236 g/mol. The Morgan fingerprint density at radius 2 is 2.00 bits per heavy atom. The molecule has 0 aliphatic heterocycles. The van der Waals surface area contributed by atoms with Crippen molar-refractivity contribution < 1.29 is 14.3 Å². The summed E-state index contributed by atoms with van der Waals surface area (Å²) in [4.78, 5) is 11.0. The summed E-state index contributed by atoms with van der Waals surface area (Å²) in [5.41, 5.74) is 0. The molecule has 4 heteroatoms. The zero-order chi connectivity index (χ0) is 9.68. The van der Waals surface area contributed by atoms with Gasteiger partial charge in [-0.15, -0.1) is 0 Å². The Kier molecular flexibility index (Phi) is 4.56. The standard InChI is InChI=1S/C9H15BrO3/c1-7(10)12-9(11)13-8-5-3-2-4-6-8/h7-8H,2-6H2,1H3. The molecule has 1 unspecified atom stereocenters. The molecule has 0 saturated heterocycles. The van der Waals surface area contributed by atoms with Gasteiger partial charge in [0.2, 0.25) is 0 Å². The third-order valence-corrected chi connectivity index (χ3v) is 2.26. The number of hydrogen-bond donors (Lipinski definition) is 0. The second-order valence-electron chi connectivity index (χ2n) is 3.29. The van der Waals surface area contributed by atoms with Crippen LogP contribution in [0.15, 0.2) is 0 Å². The Hall–Kier alpha value is -0.250. The summed E-state index contributed by atoms with van der Waals surface area (Å²) < 4.78 is 9.92. The van der Waals surface area contributed by atoms with E-state index in [1.54, 1.807) is 6.92 Å². The van der Waals surface area contributed by atoms with Gasteiger partial charge in [-0.2, -0.15) is 0 Å². The molecule has 0 amide bonds. The highest BCUT2D eigenvalue weighted by atomic mass is 79.9. The molecule has 1 rings (SSSR count). The zero-order valence-electron chi connectivity index (χ0n) is 7.79. The molecule has 1 aliphatic rings. The fourth-order valence-electron chi connectivity index (χ4n) is 1.48. The maximum Gasteiger partial charge on any atom is 0.509 e. The van der Waals surface area contributed by atoms with Gasteiger partial charge in [-0.25, -0.2) is 4.79 Å². The summed E-state index contributed by atoms with van der Waals surface area (Å²) >= 11 is 3.12. The third kappa shape index (κ3) is 4.50. The van der Waals surface area contributed by atoms with E-state index in [9.17, 15) is 4.79 Å². The number of carbonyl (C=O) groups is 1. The molecule has 0 N–H and O–H groups in total. The van der Waals surface area contributed by atoms with Crippen LogP contribution in [0.4, 0.5) is 4.79 Å². The number of hydrogen-bond acceptors (Lipinski definition) is 3. The lowest BCUT2D eigenvalue weighted by atomic mass is 9.98. The van der Waals surface area contributed by atoms with E-state index in [1.165, 1.54) is 6.42 Å². The van der Waals surface area contributed by atoms with E-state index in [0.717, 1.165) is 25.7 Å². The Morgan fingerprint density at radius 1 is 1.38 bits per heavy atom. The average molecular weight is 251 g/mol. The predicted molar refractivity (Wildman–Crippen MR) is 52.8 cm³/mol. The number of rotatable bonds is 2. The van der Waals surface area contributed by atoms with Crippen LogP contribution in [0.2, 0.25) is 0 Å². The highest BCUT2D eigenvalue weighted by molar-refractivity contribution is 9.09. The zero-order valence-corrected chi connectivity index (χ0v) is 9.38. The second-order valence-corrected chi connectivity index (χ2v) is 4.58. The quantitative estimate of drug-likeness (QED) is 0.558. The molecule has 0 aromatic rings. The molecule has 3 nitrogen and oxygen atoms in total. The molecule has 1 fully saturated rings. The van der Waals surface area contributed by atoms with Gasteiger partial charge in [0.25, 0.3) is 0 Å². The average Bonchev–Trinajstić information content (AvgIpc) is 2.04. The highest BCUT2D eigenvalue weighted by Gasteiger charge is 2.19. The number of halogens is 1. The molecule has 13 heavy (non-hydrogen) atoms. The second kappa shape index (κ2) is 5.47. The van der Waals surface area contributed by atoms with Crippen molar-refractivity contribution in [2.24, 2.45) is 0 Å². The van der Waals surface area contributed by atoms with Gasteiger partial charge in [0.1, 0.15) is 6.10 Å². The van der Waals surface area contributed by atoms with Crippen LogP contribution in [-0.2, 0) is 9.47 Å². The minimum absolute atomic E-state index is 0.0764. The smallest absolute Gasteiger partial charge is 0.431 e. The van der Waals surface area contributed by atoms with E-state index >= 15 is 0 Å². The summed E-state index contributed by atoms with van der Waals surface area (Å²) in [5, 5.41) is -0.274.